The average molecular weight is 468 g/mol. The van der Waals surface area contributed by atoms with Gasteiger partial charge in [-0.15, -0.1) is 0 Å². The predicted octanol–water partition coefficient (Wildman–Crippen LogP) is 5.33. The Balaban J connectivity index is 2.65. The van der Waals surface area contributed by atoms with E-state index >= 15 is 0 Å². The number of ether oxygens (including phenoxy) is 1. The smallest absolute Gasteiger partial charge is 0.303 e. The van der Waals surface area contributed by atoms with Crippen molar-refractivity contribution in [3.05, 3.63) is 57.6 Å². The van der Waals surface area contributed by atoms with Gasteiger partial charge in [0.15, 0.2) is 0 Å². The molecule has 0 heterocycles. The van der Waals surface area contributed by atoms with Crippen molar-refractivity contribution in [3.63, 3.8) is 0 Å². The number of hydrogen-bond donors (Lipinski definition) is 2. The van der Waals surface area contributed by atoms with E-state index in [-0.39, 0.29) is 29.8 Å². The van der Waals surface area contributed by atoms with Crippen molar-refractivity contribution in [2.45, 2.75) is 39.7 Å². The van der Waals surface area contributed by atoms with E-state index in [1.807, 2.05) is 20.8 Å². The molecule has 6 nitrogen and oxygen atoms in total. The zero-order chi connectivity index (χ0) is 23.3. The maximum Gasteiger partial charge on any atom is 0.303 e. The van der Waals surface area contributed by atoms with Crippen molar-refractivity contribution in [1.29, 1.82) is 0 Å². The second kappa shape index (κ2) is 10.4. The molecule has 0 saturated heterocycles. The first kappa shape index (κ1) is 25.0. The highest BCUT2D eigenvalue weighted by Crippen LogP contribution is 2.42. The first-order valence-electron chi connectivity index (χ1n) is 9.76. The number of halogens is 2. The number of carbonyl (C=O) groups excluding carboxylic acids is 1. The highest BCUT2D eigenvalue weighted by atomic mass is 35.5. The van der Waals surface area contributed by atoms with E-state index in [0.29, 0.717) is 27.6 Å². The molecule has 0 aliphatic carbocycles. The molecule has 0 saturated carbocycles. The largest absolute Gasteiger partial charge is 0.496 e. The molecule has 0 aromatic heterocycles. The first-order chi connectivity index (χ1) is 14.4. The number of aliphatic hydroxyl groups is 1. The Hall–Kier alpha value is -2.28. The Kier molecular flexibility index (Phi) is 8.34. The van der Waals surface area contributed by atoms with Gasteiger partial charge in [-0.1, -0.05) is 62.2 Å². The predicted molar refractivity (Wildman–Crippen MR) is 122 cm³/mol. The summed E-state index contributed by atoms with van der Waals surface area (Å²) in [5, 5.41) is 20.8. The molecule has 0 radical (unpaired) electrons. The van der Waals surface area contributed by atoms with Gasteiger partial charge in [0.25, 0.3) is 0 Å². The van der Waals surface area contributed by atoms with Crippen molar-refractivity contribution < 1.29 is 24.5 Å². The highest BCUT2D eigenvalue weighted by Gasteiger charge is 2.30. The van der Waals surface area contributed by atoms with Crippen LogP contribution in [0.25, 0.3) is 0 Å². The van der Waals surface area contributed by atoms with Crippen molar-refractivity contribution >= 4 is 40.8 Å². The molecule has 2 N–H and O–H groups in total. The molecular formula is C23H27Cl2NO5. The Morgan fingerprint density at radius 1 is 1.10 bits per heavy atom. The van der Waals surface area contributed by atoms with Crippen LogP contribution in [-0.4, -0.2) is 35.7 Å². The maximum atomic E-state index is 13.1. The van der Waals surface area contributed by atoms with Crippen molar-refractivity contribution in [1.82, 2.24) is 0 Å². The van der Waals surface area contributed by atoms with E-state index in [0.717, 1.165) is 0 Å². The van der Waals surface area contributed by atoms with Gasteiger partial charge in [-0.3, -0.25) is 9.59 Å². The lowest BCUT2D eigenvalue weighted by Gasteiger charge is -2.33. The van der Waals surface area contributed by atoms with Crippen LogP contribution >= 0.6 is 23.2 Å². The minimum absolute atomic E-state index is 0.185. The van der Waals surface area contributed by atoms with Gasteiger partial charge in [-0.25, -0.2) is 0 Å². The molecule has 31 heavy (non-hydrogen) atoms. The lowest BCUT2D eigenvalue weighted by Crippen LogP contribution is -2.39. The summed E-state index contributed by atoms with van der Waals surface area (Å²) in [6, 6.07) is 10.0. The molecule has 1 amide bonds. The Morgan fingerprint density at radius 2 is 1.74 bits per heavy atom. The van der Waals surface area contributed by atoms with Gasteiger partial charge < -0.3 is 19.8 Å². The van der Waals surface area contributed by atoms with Gasteiger partial charge in [-0.2, -0.15) is 0 Å². The molecule has 2 aromatic carbocycles. The Morgan fingerprint density at radius 3 is 2.32 bits per heavy atom. The van der Waals surface area contributed by atoms with Gasteiger partial charge >= 0.3 is 5.97 Å². The number of methoxy groups -OCH3 is 1. The van der Waals surface area contributed by atoms with Crippen LogP contribution < -0.4 is 9.64 Å². The lowest BCUT2D eigenvalue weighted by atomic mass is 9.93. The van der Waals surface area contributed by atoms with Gasteiger partial charge in [0.2, 0.25) is 5.91 Å². The van der Waals surface area contributed by atoms with Crippen LogP contribution in [0, 0.1) is 5.41 Å². The zero-order valence-corrected chi connectivity index (χ0v) is 19.5. The van der Waals surface area contributed by atoms with Gasteiger partial charge in [0, 0.05) is 29.1 Å². The number of rotatable bonds is 8. The number of carboxylic acids is 1. The van der Waals surface area contributed by atoms with Crippen molar-refractivity contribution in [3.8, 4) is 5.75 Å². The molecule has 0 spiro atoms. The second-order valence-electron chi connectivity index (χ2n) is 8.40. The molecule has 1 atom stereocenters. The fourth-order valence-electron chi connectivity index (χ4n) is 3.25. The molecule has 0 aliphatic rings. The number of hydrogen-bond acceptors (Lipinski definition) is 4. The van der Waals surface area contributed by atoms with Gasteiger partial charge in [0.1, 0.15) is 11.9 Å². The first-order valence-corrected chi connectivity index (χ1v) is 10.5. The quantitative estimate of drug-likeness (QED) is 0.547. The number of anilines is 1. The summed E-state index contributed by atoms with van der Waals surface area (Å²) < 4.78 is 5.37. The van der Waals surface area contributed by atoms with Crippen LogP contribution in [0.2, 0.25) is 10.0 Å². The summed E-state index contributed by atoms with van der Waals surface area (Å²) in [6.07, 6.45) is -1.69. The van der Waals surface area contributed by atoms with Crippen LogP contribution in [0.5, 0.6) is 5.75 Å². The van der Waals surface area contributed by atoms with Crippen LogP contribution in [0.1, 0.15) is 50.8 Å². The van der Waals surface area contributed by atoms with Crippen LogP contribution in [0.4, 0.5) is 5.69 Å². The SMILES string of the molecule is COc1ccccc1C(O)c1cc(Cl)cc(Cl)c1N(CC(C)(C)C)C(=O)CCC(=O)O. The summed E-state index contributed by atoms with van der Waals surface area (Å²) in [5.74, 6) is -1.01. The Labute approximate surface area is 192 Å². The molecule has 0 fully saturated rings. The summed E-state index contributed by atoms with van der Waals surface area (Å²) in [7, 11) is 1.50. The van der Waals surface area contributed by atoms with E-state index in [2.05, 4.69) is 0 Å². The molecule has 2 aromatic rings. The fourth-order valence-corrected chi connectivity index (χ4v) is 3.87. The van der Waals surface area contributed by atoms with Gasteiger partial charge in [0.05, 0.1) is 24.2 Å². The molecule has 2 rings (SSSR count). The molecule has 168 valence electrons. The monoisotopic (exact) mass is 467 g/mol. The number of aliphatic hydroxyl groups excluding tert-OH is 1. The fraction of sp³-hybridized carbons (Fsp3) is 0.391. The van der Waals surface area contributed by atoms with E-state index in [4.69, 9.17) is 33.0 Å². The summed E-state index contributed by atoms with van der Waals surface area (Å²) in [5.41, 5.74) is 0.789. The third kappa shape index (κ3) is 6.60. The minimum atomic E-state index is -1.18. The van der Waals surface area contributed by atoms with E-state index < -0.39 is 18.0 Å². The van der Waals surface area contributed by atoms with Crippen molar-refractivity contribution in [2.24, 2.45) is 5.41 Å². The van der Waals surface area contributed by atoms with Crippen molar-refractivity contribution in [2.75, 3.05) is 18.6 Å². The number of carboxylic acid groups (broad SMARTS) is 1. The lowest BCUT2D eigenvalue weighted by molar-refractivity contribution is -0.138. The number of amides is 1. The number of nitrogens with zero attached hydrogens (tertiary/aromatic N) is 1. The average Bonchev–Trinajstić information content (AvgIpc) is 2.68. The standard InChI is InChI=1S/C23H27Cl2NO5/c1-23(2,3)13-26(19(27)9-10-20(28)29)21-16(11-14(24)12-17(21)25)22(30)15-7-5-6-8-18(15)31-4/h5-8,11-12,22,30H,9-10,13H2,1-4H3,(H,28,29). The number of benzene rings is 2. The van der Waals surface area contributed by atoms with E-state index in [1.165, 1.54) is 18.1 Å². The molecule has 0 aliphatic heterocycles. The van der Waals surface area contributed by atoms with Gasteiger partial charge in [-0.05, 0) is 23.6 Å². The third-order valence-corrected chi connectivity index (χ3v) is 5.05. The second-order valence-corrected chi connectivity index (χ2v) is 9.25. The Bertz CT molecular complexity index is 955. The number of aliphatic carboxylic acids is 1. The van der Waals surface area contributed by atoms with E-state index in [9.17, 15) is 14.7 Å². The molecule has 1 unspecified atom stereocenters. The topological polar surface area (TPSA) is 87.1 Å². The third-order valence-electron chi connectivity index (χ3n) is 4.54. The normalized spacial score (nSPS) is 12.4. The zero-order valence-electron chi connectivity index (χ0n) is 18.0. The summed E-state index contributed by atoms with van der Waals surface area (Å²) in [4.78, 5) is 25.5. The number of carbonyl (C=O) groups is 2. The van der Waals surface area contributed by atoms with Crippen LogP contribution in [0.3, 0.4) is 0 Å². The summed E-state index contributed by atoms with van der Waals surface area (Å²) in [6.45, 7) is 6.11. The van der Waals surface area contributed by atoms with Crippen LogP contribution in [0.15, 0.2) is 36.4 Å². The molecular weight excluding hydrogens is 441 g/mol. The summed E-state index contributed by atoms with van der Waals surface area (Å²) >= 11 is 12.8. The van der Waals surface area contributed by atoms with E-state index in [1.54, 1.807) is 30.3 Å². The maximum absolute atomic E-state index is 13.1. The number of para-hydroxylation sites is 1. The molecule has 0 bridgehead atoms. The highest BCUT2D eigenvalue weighted by molar-refractivity contribution is 6.37. The minimum Gasteiger partial charge on any atom is -0.496 e. The molecule has 8 heteroatoms. The van der Waals surface area contributed by atoms with Crippen LogP contribution in [-0.2, 0) is 9.59 Å².